The predicted molar refractivity (Wildman–Crippen MR) is 74.8 cm³/mol. The van der Waals surface area contributed by atoms with Gasteiger partial charge < -0.3 is 5.11 Å². The Morgan fingerprint density at radius 1 is 1.29 bits per heavy atom. The Labute approximate surface area is 104 Å². The molecule has 1 aromatic carbocycles. The number of benzene rings is 1. The highest BCUT2D eigenvalue weighted by atomic mass is 28.3. The summed E-state index contributed by atoms with van der Waals surface area (Å²) in [7, 11) is -1.64. The Morgan fingerprint density at radius 3 is 2.35 bits per heavy atom. The van der Waals surface area contributed by atoms with Crippen molar-refractivity contribution < 1.29 is 9.90 Å². The van der Waals surface area contributed by atoms with Crippen LogP contribution in [0.25, 0.3) is 6.08 Å². The van der Waals surface area contributed by atoms with Gasteiger partial charge in [0.1, 0.15) is 0 Å². The number of rotatable bonds is 5. The minimum absolute atomic E-state index is 0.206. The molecule has 1 rings (SSSR count). The fraction of sp³-hybridized carbons (Fsp3) is 0.357. The smallest absolute Gasteiger partial charge is 0.304 e. The largest absolute Gasteiger partial charge is 0.481 e. The molecule has 0 spiro atoms. The van der Waals surface area contributed by atoms with Crippen molar-refractivity contribution in [3.63, 3.8) is 0 Å². The molecule has 0 fully saturated rings. The SMILES string of the molecule is C[Si](C)(C)C(C/C=C/c1ccccc1)C(=O)O. The minimum atomic E-state index is -1.64. The van der Waals surface area contributed by atoms with Crippen LogP contribution in [0.15, 0.2) is 36.4 Å². The lowest BCUT2D eigenvalue weighted by molar-refractivity contribution is -0.137. The average Bonchev–Trinajstić information content (AvgIpc) is 2.23. The van der Waals surface area contributed by atoms with Gasteiger partial charge in [-0.25, -0.2) is 0 Å². The molecule has 92 valence electrons. The second-order valence-electron chi connectivity index (χ2n) is 5.31. The number of carboxylic acid groups (broad SMARTS) is 1. The van der Waals surface area contributed by atoms with Crippen molar-refractivity contribution in [2.75, 3.05) is 0 Å². The first-order chi connectivity index (χ1) is 7.91. The fourth-order valence-corrected chi connectivity index (χ4v) is 3.31. The molecule has 2 nitrogen and oxygen atoms in total. The fourth-order valence-electron chi connectivity index (χ4n) is 1.73. The van der Waals surface area contributed by atoms with Gasteiger partial charge in [0.05, 0.1) is 13.6 Å². The lowest BCUT2D eigenvalue weighted by atomic mass is 10.2. The van der Waals surface area contributed by atoms with Gasteiger partial charge in [0.25, 0.3) is 0 Å². The van der Waals surface area contributed by atoms with E-state index in [9.17, 15) is 9.90 Å². The Morgan fingerprint density at radius 2 is 1.88 bits per heavy atom. The molecular formula is C14H20O2Si. The maximum atomic E-state index is 11.2. The first-order valence-electron chi connectivity index (χ1n) is 5.85. The zero-order valence-electron chi connectivity index (χ0n) is 10.7. The first kappa shape index (κ1) is 13.7. The van der Waals surface area contributed by atoms with Crippen molar-refractivity contribution in [1.82, 2.24) is 0 Å². The van der Waals surface area contributed by atoms with Crippen molar-refractivity contribution in [2.45, 2.75) is 31.6 Å². The summed E-state index contributed by atoms with van der Waals surface area (Å²) in [6.45, 7) is 6.30. The normalized spacial score (nSPS) is 13.8. The monoisotopic (exact) mass is 248 g/mol. The van der Waals surface area contributed by atoms with E-state index in [2.05, 4.69) is 19.6 Å². The summed E-state index contributed by atoms with van der Waals surface area (Å²) < 4.78 is 0. The summed E-state index contributed by atoms with van der Waals surface area (Å²) in [6.07, 6.45) is 4.60. The van der Waals surface area contributed by atoms with E-state index in [0.717, 1.165) is 5.56 Å². The van der Waals surface area contributed by atoms with Crippen LogP contribution in [0.5, 0.6) is 0 Å². The van der Waals surface area contributed by atoms with Crippen LogP contribution in [0.4, 0.5) is 0 Å². The third-order valence-corrected chi connectivity index (χ3v) is 5.40. The van der Waals surface area contributed by atoms with E-state index < -0.39 is 14.0 Å². The highest BCUT2D eigenvalue weighted by Crippen LogP contribution is 2.26. The van der Waals surface area contributed by atoms with E-state index in [4.69, 9.17) is 0 Å². The van der Waals surface area contributed by atoms with Crippen LogP contribution in [0.3, 0.4) is 0 Å². The molecule has 1 atom stereocenters. The Bertz CT molecular complexity index is 390. The third kappa shape index (κ3) is 4.57. The van der Waals surface area contributed by atoms with Gasteiger partial charge in [-0.3, -0.25) is 4.79 Å². The summed E-state index contributed by atoms with van der Waals surface area (Å²) in [5, 5.41) is 9.21. The zero-order chi connectivity index (χ0) is 12.9. The van der Waals surface area contributed by atoms with Gasteiger partial charge in [-0.05, 0) is 12.0 Å². The van der Waals surface area contributed by atoms with Crippen LogP contribution in [0.1, 0.15) is 12.0 Å². The molecule has 1 unspecified atom stereocenters. The summed E-state index contributed by atoms with van der Waals surface area (Å²) in [4.78, 5) is 11.2. The molecular weight excluding hydrogens is 228 g/mol. The Balaban J connectivity index is 2.65. The van der Waals surface area contributed by atoms with Crippen LogP contribution in [0, 0.1) is 0 Å². The number of hydrogen-bond acceptors (Lipinski definition) is 1. The van der Waals surface area contributed by atoms with Gasteiger partial charge in [-0.1, -0.05) is 62.1 Å². The summed E-state index contributed by atoms with van der Waals surface area (Å²) >= 11 is 0. The maximum absolute atomic E-state index is 11.2. The summed E-state index contributed by atoms with van der Waals surface area (Å²) in [5.74, 6) is -0.665. The summed E-state index contributed by atoms with van der Waals surface area (Å²) in [6, 6.07) is 9.96. The highest BCUT2D eigenvalue weighted by Gasteiger charge is 2.31. The van der Waals surface area contributed by atoms with E-state index in [1.165, 1.54) is 0 Å². The second-order valence-corrected chi connectivity index (χ2v) is 10.7. The molecule has 0 saturated heterocycles. The number of hydrogen-bond donors (Lipinski definition) is 1. The second kappa shape index (κ2) is 5.82. The molecule has 0 amide bonds. The van der Waals surface area contributed by atoms with Gasteiger partial charge in [-0.2, -0.15) is 0 Å². The van der Waals surface area contributed by atoms with E-state index in [0.29, 0.717) is 6.42 Å². The zero-order valence-corrected chi connectivity index (χ0v) is 11.7. The number of allylic oxidation sites excluding steroid dienone is 1. The van der Waals surface area contributed by atoms with Crippen molar-refractivity contribution in [3.8, 4) is 0 Å². The van der Waals surface area contributed by atoms with Gasteiger partial charge in [0, 0.05) is 0 Å². The van der Waals surface area contributed by atoms with Crippen LogP contribution in [-0.4, -0.2) is 19.1 Å². The van der Waals surface area contributed by atoms with E-state index in [1.54, 1.807) is 0 Å². The van der Waals surface area contributed by atoms with Crippen molar-refractivity contribution >= 4 is 20.1 Å². The minimum Gasteiger partial charge on any atom is -0.481 e. The summed E-state index contributed by atoms with van der Waals surface area (Å²) in [5.41, 5.74) is 0.912. The van der Waals surface area contributed by atoms with E-state index >= 15 is 0 Å². The molecule has 0 aliphatic heterocycles. The van der Waals surface area contributed by atoms with E-state index in [1.807, 2.05) is 42.5 Å². The lowest BCUT2D eigenvalue weighted by Gasteiger charge is -2.23. The number of aliphatic carboxylic acids is 1. The molecule has 1 aromatic rings. The molecule has 0 saturated carbocycles. The standard InChI is InChI=1S/C14H20O2Si/c1-17(2,3)13(14(15)16)11-7-10-12-8-5-4-6-9-12/h4-10,13H,11H2,1-3H3,(H,15,16)/b10-7+. The number of carboxylic acids is 1. The average molecular weight is 248 g/mol. The Kier molecular flexibility index (Phi) is 4.69. The molecule has 0 heterocycles. The molecule has 0 bridgehead atoms. The first-order valence-corrected chi connectivity index (χ1v) is 9.43. The quantitative estimate of drug-likeness (QED) is 0.803. The lowest BCUT2D eigenvalue weighted by Crippen LogP contribution is -2.33. The van der Waals surface area contributed by atoms with Crippen LogP contribution in [-0.2, 0) is 4.79 Å². The Hall–Kier alpha value is -1.35. The van der Waals surface area contributed by atoms with Gasteiger partial charge in [-0.15, -0.1) is 0 Å². The van der Waals surface area contributed by atoms with Gasteiger partial charge >= 0.3 is 5.97 Å². The van der Waals surface area contributed by atoms with Crippen molar-refractivity contribution in [1.29, 1.82) is 0 Å². The topological polar surface area (TPSA) is 37.3 Å². The molecule has 17 heavy (non-hydrogen) atoms. The van der Waals surface area contributed by atoms with Crippen LogP contribution >= 0.6 is 0 Å². The van der Waals surface area contributed by atoms with Gasteiger partial charge in [0.2, 0.25) is 0 Å². The molecule has 0 radical (unpaired) electrons. The molecule has 0 aliphatic rings. The van der Waals surface area contributed by atoms with Crippen LogP contribution < -0.4 is 0 Å². The molecule has 1 N–H and O–H groups in total. The molecule has 3 heteroatoms. The maximum Gasteiger partial charge on any atom is 0.304 e. The van der Waals surface area contributed by atoms with Crippen molar-refractivity contribution in [2.24, 2.45) is 0 Å². The predicted octanol–water partition coefficient (Wildman–Crippen LogP) is 3.88. The van der Waals surface area contributed by atoms with Crippen LogP contribution in [0.2, 0.25) is 25.2 Å². The molecule has 0 aliphatic carbocycles. The van der Waals surface area contributed by atoms with Gasteiger partial charge in [0.15, 0.2) is 0 Å². The van der Waals surface area contributed by atoms with E-state index in [-0.39, 0.29) is 5.54 Å². The highest BCUT2D eigenvalue weighted by molar-refractivity contribution is 6.80. The number of carbonyl (C=O) groups is 1. The van der Waals surface area contributed by atoms with Crippen molar-refractivity contribution in [3.05, 3.63) is 42.0 Å². The molecule has 0 aromatic heterocycles. The third-order valence-electron chi connectivity index (χ3n) is 2.83.